The summed E-state index contributed by atoms with van der Waals surface area (Å²) in [4.78, 5) is 22.6. The minimum absolute atomic E-state index is 0.110. The summed E-state index contributed by atoms with van der Waals surface area (Å²) in [7, 11) is 0. The van der Waals surface area contributed by atoms with Crippen LogP contribution in [0.1, 0.15) is 17.2 Å². The number of nitrogens with zero attached hydrogens (tertiary/aromatic N) is 5. The van der Waals surface area contributed by atoms with Gasteiger partial charge in [-0.1, -0.05) is 36.4 Å². The van der Waals surface area contributed by atoms with E-state index in [2.05, 4.69) is 20.1 Å². The monoisotopic (exact) mass is 499 g/mol. The Bertz CT molecular complexity index is 1330. The summed E-state index contributed by atoms with van der Waals surface area (Å²) in [6.45, 7) is 0. The normalized spacial score (nSPS) is 13.2. The first-order chi connectivity index (χ1) is 17.1. The second-order valence-electron chi connectivity index (χ2n) is 7.77. The van der Waals surface area contributed by atoms with Crippen LogP contribution in [0.2, 0.25) is 0 Å². The first-order valence-electron chi connectivity index (χ1n) is 10.5. The van der Waals surface area contributed by atoms with Crippen molar-refractivity contribution in [3.05, 3.63) is 78.4 Å². The molecule has 0 saturated carbocycles. The van der Waals surface area contributed by atoms with Crippen molar-refractivity contribution in [3.63, 3.8) is 0 Å². The summed E-state index contributed by atoms with van der Waals surface area (Å²) in [5, 5.41) is 12.9. The summed E-state index contributed by atoms with van der Waals surface area (Å²) < 4.78 is 48.4. The Morgan fingerprint density at radius 3 is 2.36 bits per heavy atom. The molecule has 10 nitrogen and oxygen atoms in total. The van der Waals surface area contributed by atoms with Crippen LogP contribution in [0.15, 0.2) is 67.3 Å². The quantitative estimate of drug-likeness (QED) is 0.332. The number of hydrogen-bond donors (Lipinski definition) is 3. The van der Waals surface area contributed by atoms with Gasteiger partial charge in [0.1, 0.15) is 18.7 Å². The zero-order valence-electron chi connectivity index (χ0n) is 18.5. The number of hydrogen-bond acceptors (Lipinski definition) is 8. The lowest BCUT2D eigenvalue weighted by Crippen LogP contribution is -2.32. The Labute approximate surface area is 202 Å². The van der Waals surface area contributed by atoms with Crippen molar-refractivity contribution in [2.45, 2.75) is 24.7 Å². The molecule has 36 heavy (non-hydrogen) atoms. The van der Waals surface area contributed by atoms with E-state index in [-0.39, 0.29) is 29.5 Å². The number of nitrogen functional groups attached to an aromatic ring is 1. The third-order valence-corrected chi connectivity index (χ3v) is 5.16. The van der Waals surface area contributed by atoms with Crippen LogP contribution in [0, 0.1) is 0 Å². The van der Waals surface area contributed by atoms with Crippen LogP contribution in [-0.2, 0) is 11.2 Å². The van der Waals surface area contributed by atoms with E-state index in [1.54, 1.807) is 24.3 Å². The molecule has 0 saturated heterocycles. The molecule has 2 heterocycles. The number of anilines is 1. The minimum Gasteiger partial charge on any atom is -0.480 e. The van der Waals surface area contributed by atoms with Crippen molar-refractivity contribution in [1.82, 2.24) is 24.7 Å². The third-order valence-electron chi connectivity index (χ3n) is 5.16. The maximum absolute atomic E-state index is 13.9. The molecule has 1 unspecified atom stereocenters. The highest BCUT2D eigenvalue weighted by molar-refractivity contribution is 5.73. The number of benzene rings is 2. The maximum atomic E-state index is 13.9. The van der Waals surface area contributed by atoms with Crippen LogP contribution >= 0.6 is 0 Å². The van der Waals surface area contributed by atoms with Gasteiger partial charge >= 0.3 is 12.1 Å². The number of carbonyl (C=O) groups is 1. The molecule has 2 aromatic heterocycles. The predicted octanol–water partition coefficient (Wildman–Crippen LogP) is 2.94. The fourth-order valence-electron chi connectivity index (χ4n) is 3.39. The van der Waals surface area contributed by atoms with Crippen LogP contribution < -0.4 is 16.2 Å². The SMILES string of the molecule is Nc1nc(O[C@@H](c2ccc(-n3cncn3)cc2)C(F)(F)F)cc(-c2ccc(CC(N)C(=O)O)cc2)n1. The number of rotatable bonds is 8. The molecule has 5 N–H and O–H groups in total. The molecule has 0 aliphatic carbocycles. The molecule has 0 radical (unpaired) electrons. The molecule has 0 fully saturated rings. The average molecular weight is 499 g/mol. The van der Waals surface area contributed by atoms with Crippen molar-refractivity contribution in [1.29, 1.82) is 0 Å². The van der Waals surface area contributed by atoms with E-state index >= 15 is 0 Å². The second kappa shape index (κ2) is 10.00. The summed E-state index contributed by atoms with van der Waals surface area (Å²) in [6.07, 6.45) is -4.22. The predicted molar refractivity (Wildman–Crippen MR) is 122 cm³/mol. The first-order valence-corrected chi connectivity index (χ1v) is 10.5. The topological polar surface area (TPSA) is 155 Å². The lowest BCUT2D eigenvalue weighted by atomic mass is 10.0. The molecule has 2 atom stereocenters. The van der Waals surface area contributed by atoms with Crippen LogP contribution in [0.4, 0.5) is 19.1 Å². The number of halogens is 3. The van der Waals surface area contributed by atoms with Gasteiger partial charge in [0, 0.05) is 17.2 Å². The number of nitrogens with two attached hydrogens (primary N) is 2. The molecule has 0 aliphatic rings. The van der Waals surface area contributed by atoms with Gasteiger partial charge in [0.25, 0.3) is 0 Å². The van der Waals surface area contributed by atoms with Gasteiger partial charge in [0.05, 0.1) is 11.4 Å². The van der Waals surface area contributed by atoms with Gasteiger partial charge in [-0.25, -0.2) is 14.6 Å². The van der Waals surface area contributed by atoms with Crippen LogP contribution in [0.5, 0.6) is 5.88 Å². The largest absolute Gasteiger partial charge is 0.480 e. The van der Waals surface area contributed by atoms with Gasteiger partial charge < -0.3 is 21.3 Å². The Kier molecular flexibility index (Phi) is 6.83. The molecule has 0 bridgehead atoms. The number of aromatic nitrogens is 5. The average Bonchev–Trinajstić information content (AvgIpc) is 3.37. The Balaban J connectivity index is 1.58. The summed E-state index contributed by atoms with van der Waals surface area (Å²) in [5.41, 5.74) is 13.1. The van der Waals surface area contributed by atoms with E-state index in [0.29, 0.717) is 16.8 Å². The lowest BCUT2D eigenvalue weighted by molar-refractivity contribution is -0.198. The smallest absolute Gasteiger partial charge is 0.429 e. The molecular weight excluding hydrogens is 479 g/mol. The molecule has 186 valence electrons. The second-order valence-corrected chi connectivity index (χ2v) is 7.77. The standard InChI is InChI=1S/C23H20F3N7O3/c24-23(25,26)20(15-5-7-16(8-6-15)33-12-29-11-30-33)36-19-10-18(31-22(28)32-19)14-3-1-13(2-4-14)9-17(27)21(34)35/h1-8,10-12,17,20H,9,27H2,(H,34,35)(H2,28,31,32)/t17?,20-/m0/s1. The van der Waals surface area contributed by atoms with Crippen LogP contribution in [0.25, 0.3) is 16.9 Å². The number of aliphatic carboxylic acids is 1. The van der Waals surface area contributed by atoms with Crippen LogP contribution in [0.3, 0.4) is 0 Å². The van der Waals surface area contributed by atoms with Gasteiger partial charge in [-0.15, -0.1) is 0 Å². The molecule has 4 rings (SSSR count). The summed E-state index contributed by atoms with van der Waals surface area (Å²) in [6, 6.07) is 12.2. The molecule has 0 aliphatic heterocycles. The van der Waals surface area contributed by atoms with Gasteiger partial charge in [-0.05, 0) is 24.1 Å². The first kappa shape index (κ1) is 24.6. The fraction of sp³-hybridized carbons (Fsp3) is 0.174. The zero-order chi connectivity index (χ0) is 25.9. The summed E-state index contributed by atoms with van der Waals surface area (Å²) in [5.74, 6) is -1.77. The van der Waals surface area contributed by atoms with Gasteiger partial charge in [0.15, 0.2) is 0 Å². The lowest BCUT2D eigenvalue weighted by Gasteiger charge is -2.22. The Hall–Kier alpha value is -4.52. The van der Waals surface area contributed by atoms with Crippen molar-refractivity contribution in [2.75, 3.05) is 5.73 Å². The van der Waals surface area contributed by atoms with E-state index in [1.807, 2.05) is 0 Å². The van der Waals surface area contributed by atoms with Crippen LogP contribution in [-0.4, -0.2) is 48.0 Å². The van der Waals surface area contributed by atoms with Gasteiger partial charge in [0.2, 0.25) is 17.9 Å². The zero-order valence-corrected chi connectivity index (χ0v) is 18.5. The minimum atomic E-state index is -4.75. The molecule has 2 aromatic carbocycles. The van der Waals surface area contributed by atoms with E-state index in [9.17, 15) is 18.0 Å². The highest BCUT2D eigenvalue weighted by Crippen LogP contribution is 2.37. The highest BCUT2D eigenvalue weighted by atomic mass is 19.4. The molecule has 0 spiro atoms. The molecular formula is C23H20F3N7O3. The van der Waals surface area contributed by atoms with Gasteiger partial charge in [-0.3, -0.25) is 4.79 Å². The van der Waals surface area contributed by atoms with Crippen molar-refractivity contribution in [2.24, 2.45) is 5.73 Å². The van der Waals surface area contributed by atoms with Crippen molar-refractivity contribution >= 4 is 11.9 Å². The Morgan fingerprint density at radius 1 is 1.08 bits per heavy atom. The number of alkyl halides is 3. The molecule has 0 amide bonds. The van der Waals surface area contributed by atoms with E-state index in [1.165, 1.54) is 47.7 Å². The van der Waals surface area contributed by atoms with Crippen molar-refractivity contribution in [3.8, 4) is 22.8 Å². The Morgan fingerprint density at radius 2 is 1.78 bits per heavy atom. The fourth-order valence-corrected chi connectivity index (χ4v) is 3.39. The maximum Gasteiger partial charge on any atom is 0.429 e. The van der Waals surface area contributed by atoms with E-state index < -0.39 is 24.3 Å². The van der Waals surface area contributed by atoms with Gasteiger partial charge in [-0.2, -0.15) is 23.3 Å². The summed E-state index contributed by atoms with van der Waals surface area (Å²) >= 11 is 0. The number of carboxylic acid groups (broad SMARTS) is 1. The molecule has 13 heteroatoms. The third kappa shape index (κ3) is 5.75. The highest BCUT2D eigenvalue weighted by Gasteiger charge is 2.43. The number of carboxylic acids is 1. The number of ether oxygens (including phenoxy) is 1. The van der Waals surface area contributed by atoms with Crippen molar-refractivity contribution < 1.29 is 27.8 Å². The molecule has 4 aromatic rings. The van der Waals surface area contributed by atoms with E-state index in [4.69, 9.17) is 21.3 Å². The van der Waals surface area contributed by atoms with E-state index in [0.717, 1.165) is 0 Å².